The Hall–Kier alpha value is -1.83. The highest BCUT2D eigenvalue weighted by Gasteiger charge is 2.76. The molecule has 6 aliphatic rings. The lowest BCUT2D eigenvalue weighted by atomic mass is 9.46. The monoisotopic (exact) mass is 511 g/mol. The van der Waals surface area contributed by atoms with Gasteiger partial charge in [0, 0.05) is 35.3 Å². The summed E-state index contributed by atoms with van der Waals surface area (Å²) in [5.41, 5.74) is -1.25. The van der Waals surface area contributed by atoms with Crippen LogP contribution in [-0.2, 0) is 24.0 Å². The van der Waals surface area contributed by atoms with E-state index in [1.54, 1.807) is 19.1 Å². The summed E-state index contributed by atoms with van der Waals surface area (Å²) in [6.45, 7) is 6.75. The van der Waals surface area contributed by atoms with E-state index in [0.717, 1.165) is 50.5 Å². The lowest BCUT2D eigenvalue weighted by Gasteiger charge is -2.59. The predicted octanol–water partition coefficient (Wildman–Crippen LogP) is 3.94. The van der Waals surface area contributed by atoms with Crippen molar-refractivity contribution in [3.63, 3.8) is 0 Å². The SMILES string of the molecule is CCOC(=O)C(=O)[C@@]12ON(C3CCCCC3)C[C@@H]1CC1C3CCC4=CC(=O)C=C[C@]4(C)C3[C@@H](O)C[C@@]12C. The maximum absolute atomic E-state index is 14.1. The molecular weight excluding hydrogens is 470 g/mol. The molecule has 0 aromatic heterocycles. The van der Waals surface area contributed by atoms with E-state index >= 15 is 0 Å². The molecule has 202 valence electrons. The maximum Gasteiger partial charge on any atom is 0.377 e. The van der Waals surface area contributed by atoms with Crippen LogP contribution in [0.1, 0.15) is 78.6 Å². The van der Waals surface area contributed by atoms with Crippen LogP contribution in [0.4, 0.5) is 0 Å². The molecule has 5 aliphatic carbocycles. The van der Waals surface area contributed by atoms with Gasteiger partial charge in [0.2, 0.25) is 0 Å². The Morgan fingerprint density at radius 2 is 1.95 bits per heavy atom. The third-order valence-electron chi connectivity index (χ3n) is 11.3. The van der Waals surface area contributed by atoms with Crippen LogP contribution in [-0.4, -0.2) is 58.6 Å². The Bertz CT molecular complexity index is 1060. The number of hydrogen-bond acceptors (Lipinski definition) is 7. The molecule has 0 aromatic carbocycles. The first-order chi connectivity index (χ1) is 17.7. The molecule has 0 amide bonds. The number of nitrogens with zero attached hydrogens (tertiary/aromatic N) is 1. The smallest absolute Gasteiger partial charge is 0.377 e. The Morgan fingerprint density at radius 1 is 1.19 bits per heavy atom. The number of hydroxylamine groups is 2. The van der Waals surface area contributed by atoms with E-state index in [0.29, 0.717) is 13.0 Å². The normalized spacial score (nSPS) is 45.5. The largest absolute Gasteiger partial charge is 0.460 e. The molecule has 1 aliphatic heterocycles. The van der Waals surface area contributed by atoms with E-state index in [4.69, 9.17) is 9.57 Å². The van der Waals surface area contributed by atoms with Gasteiger partial charge in [0.05, 0.1) is 12.7 Å². The number of aliphatic hydroxyl groups is 1. The lowest BCUT2D eigenvalue weighted by Crippen LogP contribution is -2.64. The van der Waals surface area contributed by atoms with Crippen LogP contribution in [0.25, 0.3) is 0 Å². The van der Waals surface area contributed by atoms with Crippen molar-refractivity contribution in [3.8, 4) is 0 Å². The first kappa shape index (κ1) is 25.4. The van der Waals surface area contributed by atoms with Crippen LogP contribution in [0.3, 0.4) is 0 Å². The fraction of sp³-hybridized carbons (Fsp3) is 0.767. The Labute approximate surface area is 219 Å². The van der Waals surface area contributed by atoms with Crippen molar-refractivity contribution in [2.75, 3.05) is 13.2 Å². The highest BCUT2D eigenvalue weighted by atomic mass is 16.7. The third-order valence-corrected chi connectivity index (χ3v) is 11.3. The van der Waals surface area contributed by atoms with Gasteiger partial charge in [-0.15, -0.1) is 0 Å². The van der Waals surface area contributed by atoms with Gasteiger partial charge < -0.3 is 9.84 Å². The van der Waals surface area contributed by atoms with Crippen molar-refractivity contribution < 1.29 is 29.1 Å². The lowest BCUT2D eigenvalue weighted by molar-refractivity contribution is -0.264. The molecule has 7 heteroatoms. The van der Waals surface area contributed by atoms with Crippen LogP contribution >= 0.6 is 0 Å². The van der Waals surface area contributed by atoms with Crippen LogP contribution in [0.5, 0.6) is 0 Å². The summed E-state index contributed by atoms with van der Waals surface area (Å²) in [5, 5.41) is 13.8. The van der Waals surface area contributed by atoms with Gasteiger partial charge in [-0.25, -0.2) is 4.79 Å². The number of esters is 1. The third kappa shape index (κ3) is 3.45. The number of rotatable bonds is 4. The van der Waals surface area contributed by atoms with E-state index < -0.39 is 28.9 Å². The molecule has 0 bridgehead atoms. The fourth-order valence-corrected chi connectivity index (χ4v) is 9.72. The Balaban J connectivity index is 1.39. The van der Waals surface area contributed by atoms with Gasteiger partial charge in [0.15, 0.2) is 11.4 Å². The first-order valence-electron chi connectivity index (χ1n) is 14.5. The van der Waals surface area contributed by atoms with Crippen LogP contribution in [0, 0.1) is 34.5 Å². The summed E-state index contributed by atoms with van der Waals surface area (Å²) < 4.78 is 5.26. The van der Waals surface area contributed by atoms with Gasteiger partial charge in [-0.05, 0) is 69.4 Å². The van der Waals surface area contributed by atoms with E-state index in [-0.39, 0.29) is 47.5 Å². The molecular formula is C30H41NO6. The predicted molar refractivity (Wildman–Crippen MR) is 136 cm³/mol. The van der Waals surface area contributed by atoms with Gasteiger partial charge in [-0.1, -0.05) is 44.8 Å². The summed E-state index contributed by atoms with van der Waals surface area (Å²) in [6.07, 6.45) is 13.2. The zero-order chi connectivity index (χ0) is 26.2. The molecule has 1 N–H and O–H groups in total. The van der Waals surface area contributed by atoms with Gasteiger partial charge >= 0.3 is 5.97 Å². The number of ether oxygens (including phenoxy) is 1. The quantitative estimate of drug-likeness (QED) is 0.451. The van der Waals surface area contributed by atoms with Gasteiger partial charge in [-0.2, -0.15) is 5.06 Å². The molecule has 37 heavy (non-hydrogen) atoms. The van der Waals surface area contributed by atoms with E-state index in [1.165, 1.54) is 6.42 Å². The van der Waals surface area contributed by atoms with E-state index in [9.17, 15) is 19.5 Å². The van der Waals surface area contributed by atoms with Gasteiger partial charge in [0.1, 0.15) is 0 Å². The average Bonchev–Trinajstić information content (AvgIpc) is 3.37. The highest BCUT2D eigenvalue weighted by molar-refractivity contribution is 6.37. The van der Waals surface area contributed by atoms with Crippen molar-refractivity contribution >= 4 is 17.5 Å². The summed E-state index contributed by atoms with van der Waals surface area (Å²) in [4.78, 5) is 46.0. The fourth-order valence-electron chi connectivity index (χ4n) is 9.72. The maximum atomic E-state index is 14.1. The zero-order valence-corrected chi connectivity index (χ0v) is 22.4. The first-order valence-corrected chi connectivity index (χ1v) is 14.5. The molecule has 8 atom stereocenters. The molecule has 1 heterocycles. The molecule has 7 nitrogen and oxygen atoms in total. The van der Waals surface area contributed by atoms with Gasteiger partial charge in [-0.3, -0.25) is 14.4 Å². The average molecular weight is 512 g/mol. The molecule has 1 saturated heterocycles. The minimum Gasteiger partial charge on any atom is -0.460 e. The summed E-state index contributed by atoms with van der Waals surface area (Å²) in [6, 6.07) is 0.265. The molecule has 6 rings (SSSR count). The minimum absolute atomic E-state index is 0.0200. The number of carbonyl (C=O) groups excluding carboxylic acids is 3. The molecule has 5 fully saturated rings. The zero-order valence-electron chi connectivity index (χ0n) is 22.4. The van der Waals surface area contributed by atoms with Crippen LogP contribution in [0.15, 0.2) is 23.8 Å². The van der Waals surface area contributed by atoms with E-state index in [2.05, 4.69) is 13.8 Å². The van der Waals surface area contributed by atoms with E-state index in [1.807, 2.05) is 11.1 Å². The minimum atomic E-state index is -1.30. The second kappa shape index (κ2) is 8.85. The van der Waals surface area contributed by atoms with Crippen LogP contribution in [0.2, 0.25) is 0 Å². The second-order valence-electron chi connectivity index (χ2n) is 12.9. The standard InChI is InChI=1S/C30H41NO6/c1-4-36-27(35)26(34)30-19(17-31(37-30)20-8-6-5-7-9-20)15-23-22-11-10-18-14-21(32)12-13-28(18,2)25(22)24(33)16-29(23,30)3/h12-14,19-20,22-25,33H,4-11,15-17H2,1-3H3/t19-,22?,23?,24-,25?,28-,29-,30-/m0/s1. The summed E-state index contributed by atoms with van der Waals surface area (Å²) >= 11 is 0. The van der Waals surface area contributed by atoms with Crippen molar-refractivity contribution in [2.24, 2.45) is 34.5 Å². The number of aliphatic hydroxyl groups excluding tert-OH is 1. The summed E-state index contributed by atoms with van der Waals surface area (Å²) in [5.74, 6) is -1.18. The highest BCUT2D eigenvalue weighted by Crippen LogP contribution is 2.70. The summed E-state index contributed by atoms with van der Waals surface area (Å²) in [7, 11) is 0. The Morgan fingerprint density at radius 3 is 2.68 bits per heavy atom. The van der Waals surface area contributed by atoms with Crippen molar-refractivity contribution in [2.45, 2.75) is 96.3 Å². The van der Waals surface area contributed by atoms with Gasteiger partial charge in [0.25, 0.3) is 5.78 Å². The number of fused-ring (bicyclic) bond motifs is 7. The number of allylic oxidation sites excluding steroid dienone is 4. The topological polar surface area (TPSA) is 93.1 Å². The van der Waals surface area contributed by atoms with Crippen molar-refractivity contribution in [1.29, 1.82) is 0 Å². The molecule has 4 saturated carbocycles. The number of ketones is 2. The van der Waals surface area contributed by atoms with Crippen LogP contribution < -0.4 is 0 Å². The molecule has 0 spiro atoms. The molecule has 3 unspecified atom stereocenters. The number of hydrogen-bond donors (Lipinski definition) is 1. The molecule has 0 radical (unpaired) electrons. The molecule has 0 aromatic rings. The second-order valence-corrected chi connectivity index (χ2v) is 12.9. The van der Waals surface area contributed by atoms with Crippen molar-refractivity contribution in [3.05, 3.63) is 23.8 Å². The number of carbonyl (C=O) groups is 3. The van der Waals surface area contributed by atoms with Crippen molar-refractivity contribution in [1.82, 2.24) is 5.06 Å². The Kier molecular flexibility index (Phi) is 6.09. The number of Topliss-reactive ketones (excluding diaryl/α,β-unsaturated/α-hetero) is 1.